The molecule has 0 bridgehead atoms. The molecule has 2 aromatic carbocycles. The summed E-state index contributed by atoms with van der Waals surface area (Å²) in [6, 6.07) is 15.3. The van der Waals surface area contributed by atoms with Crippen molar-refractivity contribution in [2.45, 2.75) is 0 Å². The molecule has 0 spiro atoms. The van der Waals surface area contributed by atoms with Gasteiger partial charge in [-0.05, 0) is 24.3 Å². The summed E-state index contributed by atoms with van der Waals surface area (Å²) in [6.07, 6.45) is 1.08. The highest BCUT2D eigenvalue weighted by Crippen LogP contribution is 2.10. The summed E-state index contributed by atoms with van der Waals surface area (Å²) in [6.45, 7) is 0. The third-order valence-corrected chi connectivity index (χ3v) is 2.76. The average molecular weight is 282 g/mol. The lowest BCUT2D eigenvalue weighted by Crippen LogP contribution is -2.18. The molecular formula is C16H14N2O3. The Morgan fingerprint density at radius 2 is 1.67 bits per heavy atom. The van der Waals surface area contributed by atoms with Crippen molar-refractivity contribution in [3.8, 4) is 5.75 Å². The maximum absolute atomic E-state index is 11.8. The maximum Gasteiger partial charge on any atom is 0.271 e. The Kier molecular flexibility index (Phi) is 4.82. The number of nitrogens with one attached hydrogen (secondary N) is 1. The van der Waals surface area contributed by atoms with Gasteiger partial charge in [0.15, 0.2) is 0 Å². The summed E-state index contributed by atoms with van der Waals surface area (Å²) in [5.41, 5.74) is 3.25. The normalized spacial score (nSPS) is 10.3. The number of benzene rings is 2. The highest BCUT2D eigenvalue weighted by molar-refractivity contribution is 6.35. The quantitative estimate of drug-likeness (QED) is 0.520. The van der Waals surface area contributed by atoms with E-state index in [1.54, 1.807) is 55.6 Å². The molecule has 0 aromatic heterocycles. The molecule has 0 radical (unpaired) electrons. The minimum absolute atomic E-state index is 0.273. The van der Waals surface area contributed by atoms with Crippen molar-refractivity contribution in [1.29, 1.82) is 0 Å². The third kappa shape index (κ3) is 4.01. The number of rotatable bonds is 5. The van der Waals surface area contributed by atoms with Crippen LogP contribution in [-0.2, 0) is 0 Å². The van der Waals surface area contributed by atoms with Crippen molar-refractivity contribution in [3.63, 3.8) is 0 Å². The lowest BCUT2D eigenvalue weighted by Gasteiger charge is -2.02. The molecule has 0 saturated heterocycles. The summed E-state index contributed by atoms with van der Waals surface area (Å²) in [4.78, 5) is 23.5. The second kappa shape index (κ2) is 7.00. The second-order valence-corrected chi connectivity index (χ2v) is 4.16. The third-order valence-electron chi connectivity index (χ3n) is 2.76. The maximum atomic E-state index is 11.8. The van der Waals surface area contributed by atoms with Gasteiger partial charge in [0.1, 0.15) is 5.75 Å². The second-order valence-electron chi connectivity index (χ2n) is 4.16. The van der Waals surface area contributed by atoms with Gasteiger partial charge in [0.2, 0.25) is 5.78 Å². The number of Topliss-reactive ketones (excluding diaryl/α,β-unsaturated/α-hetero) is 1. The molecule has 0 heterocycles. The van der Waals surface area contributed by atoms with E-state index in [1.807, 2.05) is 6.07 Å². The van der Waals surface area contributed by atoms with Gasteiger partial charge < -0.3 is 4.74 Å². The van der Waals surface area contributed by atoms with E-state index in [1.165, 1.54) is 0 Å². The molecule has 0 atom stereocenters. The van der Waals surface area contributed by atoms with Gasteiger partial charge in [-0.1, -0.05) is 30.3 Å². The first-order chi connectivity index (χ1) is 10.2. The Labute approximate surface area is 122 Å². The number of nitrogens with zero attached hydrogens (tertiary/aromatic N) is 1. The van der Waals surface area contributed by atoms with Crippen LogP contribution in [0, 0.1) is 0 Å². The average Bonchev–Trinajstić information content (AvgIpc) is 2.55. The zero-order valence-electron chi connectivity index (χ0n) is 11.4. The highest BCUT2D eigenvalue weighted by atomic mass is 16.5. The SMILES string of the molecule is COc1ccc(C(=O)N/N=C\C(=O)c2ccccc2)cc1. The van der Waals surface area contributed by atoms with Gasteiger partial charge in [-0.2, -0.15) is 5.10 Å². The number of hydrogen-bond donors (Lipinski definition) is 1. The zero-order valence-corrected chi connectivity index (χ0v) is 11.4. The molecule has 0 aliphatic carbocycles. The number of hydrogen-bond acceptors (Lipinski definition) is 4. The molecule has 1 amide bonds. The first-order valence-electron chi connectivity index (χ1n) is 6.27. The Morgan fingerprint density at radius 1 is 1.00 bits per heavy atom. The number of methoxy groups -OCH3 is 1. The number of ketones is 1. The fourth-order valence-corrected chi connectivity index (χ4v) is 1.63. The van der Waals surface area contributed by atoms with Crippen molar-refractivity contribution in [3.05, 3.63) is 65.7 Å². The van der Waals surface area contributed by atoms with Crippen molar-refractivity contribution >= 4 is 17.9 Å². The summed E-state index contributed by atoms with van der Waals surface area (Å²) >= 11 is 0. The first-order valence-corrected chi connectivity index (χ1v) is 6.27. The summed E-state index contributed by atoms with van der Waals surface area (Å²) in [7, 11) is 1.55. The fraction of sp³-hybridized carbons (Fsp3) is 0.0625. The summed E-state index contributed by atoms with van der Waals surface area (Å²) in [5, 5.41) is 3.66. The van der Waals surface area contributed by atoms with Crippen molar-refractivity contribution in [1.82, 2.24) is 5.43 Å². The minimum Gasteiger partial charge on any atom is -0.497 e. The molecule has 0 saturated carbocycles. The predicted molar refractivity (Wildman–Crippen MR) is 79.7 cm³/mol. The van der Waals surface area contributed by atoms with Crippen LogP contribution in [0.1, 0.15) is 20.7 Å². The number of amides is 1. The Balaban J connectivity index is 1.94. The van der Waals surface area contributed by atoms with Gasteiger partial charge in [-0.3, -0.25) is 9.59 Å². The molecule has 21 heavy (non-hydrogen) atoms. The highest BCUT2D eigenvalue weighted by Gasteiger charge is 2.05. The lowest BCUT2D eigenvalue weighted by atomic mass is 10.1. The molecule has 2 rings (SSSR count). The molecule has 5 heteroatoms. The minimum atomic E-state index is -0.394. The van der Waals surface area contributed by atoms with Crippen LogP contribution < -0.4 is 10.2 Å². The van der Waals surface area contributed by atoms with Crippen LogP contribution in [0.4, 0.5) is 0 Å². The van der Waals surface area contributed by atoms with E-state index in [9.17, 15) is 9.59 Å². The van der Waals surface area contributed by atoms with Crippen LogP contribution in [0.5, 0.6) is 5.75 Å². The largest absolute Gasteiger partial charge is 0.497 e. The molecule has 1 N–H and O–H groups in total. The van der Waals surface area contributed by atoms with E-state index in [-0.39, 0.29) is 5.78 Å². The number of carbonyl (C=O) groups excluding carboxylic acids is 2. The molecule has 2 aromatic rings. The smallest absolute Gasteiger partial charge is 0.271 e. The molecule has 0 aliphatic rings. The molecule has 106 valence electrons. The Bertz CT molecular complexity index is 649. The van der Waals surface area contributed by atoms with E-state index in [0.717, 1.165) is 6.21 Å². The molecule has 0 aliphatic heterocycles. The van der Waals surface area contributed by atoms with Gasteiger partial charge in [-0.25, -0.2) is 5.43 Å². The van der Waals surface area contributed by atoms with E-state index in [2.05, 4.69) is 10.5 Å². The topological polar surface area (TPSA) is 67.8 Å². The zero-order chi connectivity index (χ0) is 15.1. The lowest BCUT2D eigenvalue weighted by molar-refractivity contribution is 0.0955. The first kappa shape index (κ1) is 14.5. The van der Waals surface area contributed by atoms with Crippen molar-refractivity contribution < 1.29 is 14.3 Å². The summed E-state index contributed by atoms with van der Waals surface area (Å²) in [5.74, 6) is -0.00491. The van der Waals surface area contributed by atoms with Gasteiger partial charge >= 0.3 is 0 Å². The number of hydrazone groups is 1. The van der Waals surface area contributed by atoms with Gasteiger partial charge in [0, 0.05) is 11.1 Å². The van der Waals surface area contributed by atoms with Crippen LogP contribution >= 0.6 is 0 Å². The van der Waals surface area contributed by atoms with E-state index >= 15 is 0 Å². The molecule has 0 unspecified atom stereocenters. The summed E-state index contributed by atoms with van der Waals surface area (Å²) < 4.78 is 5.00. The van der Waals surface area contributed by atoms with E-state index in [0.29, 0.717) is 16.9 Å². The standard InChI is InChI=1S/C16H14N2O3/c1-21-14-9-7-13(8-10-14)16(20)18-17-11-15(19)12-5-3-2-4-6-12/h2-11H,1H3,(H,18,20)/b17-11-. The fourth-order valence-electron chi connectivity index (χ4n) is 1.63. The van der Waals surface area contributed by atoms with Crippen molar-refractivity contribution in [2.24, 2.45) is 5.10 Å². The molecular weight excluding hydrogens is 268 g/mol. The molecule has 5 nitrogen and oxygen atoms in total. The number of ether oxygens (including phenoxy) is 1. The van der Waals surface area contributed by atoms with Crippen LogP contribution in [0.25, 0.3) is 0 Å². The van der Waals surface area contributed by atoms with E-state index in [4.69, 9.17) is 4.74 Å². The van der Waals surface area contributed by atoms with E-state index < -0.39 is 5.91 Å². The van der Waals surface area contributed by atoms with Gasteiger partial charge in [0.25, 0.3) is 5.91 Å². The number of carbonyl (C=O) groups is 2. The van der Waals surface area contributed by atoms with Crippen molar-refractivity contribution in [2.75, 3.05) is 7.11 Å². The monoisotopic (exact) mass is 282 g/mol. The van der Waals surface area contributed by atoms with Gasteiger partial charge in [-0.15, -0.1) is 0 Å². The van der Waals surface area contributed by atoms with Crippen LogP contribution in [0.15, 0.2) is 59.7 Å². The van der Waals surface area contributed by atoms with Crippen LogP contribution in [0.2, 0.25) is 0 Å². The molecule has 0 fully saturated rings. The Hall–Kier alpha value is -2.95. The predicted octanol–water partition coefficient (Wildman–Crippen LogP) is 2.29. The van der Waals surface area contributed by atoms with Crippen LogP contribution in [0.3, 0.4) is 0 Å². The van der Waals surface area contributed by atoms with Crippen LogP contribution in [-0.4, -0.2) is 25.0 Å². The van der Waals surface area contributed by atoms with Gasteiger partial charge in [0.05, 0.1) is 13.3 Å². The Morgan fingerprint density at radius 3 is 2.29 bits per heavy atom.